The molecule has 1 aromatic carbocycles. The van der Waals surface area contributed by atoms with Gasteiger partial charge in [-0.05, 0) is 32.4 Å². The Labute approximate surface area is 178 Å². The van der Waals surface area contributed by atoms with Gasteiger partial charge in [0.15, 0.2) is 5.96 Å². The van der Waals surface area contributed by atoms with Crippen molar-refractivity contribution in [3.8, 4) is 0 Å². The van der Waals surface area contributed by atoms with Gasteiger partial charge in [-0.15, -0.1) is 11.3 Å². The largest absolute Gasteiger partial charge is 0.367 e. The van der Waals surface area contributed by atoms with Crippen LogP contribution in [-0.4, -0.2) is 55.6 Å². The molecule has 1 saturated heterocycles. The van der Waals surface area contributed by atoms with Gasteiger partial charge in [-0.3, -0.25) is 9.79 Å². The zero-order valence-electron chi connectivity index (χ0n) is 17.0. The maximum atomic E-state index is 14.0. The van der Waals surface area contributed by atoms with Crippen LogP contribution in [-0.2, 0) is 0 Å². The third-order valence-corrected chi connectivity index (χ3v) is 5.67. The molecule has 30 heavy (non-hydrogen) atoms. The second-order valence-electron chi connectivity index (χ2n) is 6.96. The molecule has 0 radical (unpaired) electrons. The van der Waals surface area contributed by atoms with Crippen LogP contribution in [0.25, 0.3) is 0 Å². The molecule has 1 aliphatic rings. The second-order valence-corrected chi connectivity index (χ2v) is 7.81. The van der Waals surface area contributed by atoms with Gasteiger partial charge in [-0.2, -0.15) is 0 Å². The van der Waals surface area contributed by atoms with Gasteiger partial charge >= 0.3 is 0 Å². The lowest BCUT2D eigenvalue weighted by molar-refractivity contribution is 0.0958. The summed E-state index contributed by atoms with van der Waals surface area (Å²) in [5, 5.41) is 9.38. The Kier molecular flexibility index (Phi) is 7.56. The molecule has 1 unspecified atom stereocenters. The maximum Gasteiger partial charge on any atom is 0.263 e. The lowest BCUT2D eigenvalue weighted by atomic mass is 10.2. The average Bonchev–Trinajstić information content (AvgIpc) is 3.34. The predicted octanol–water partition coefficient (Wildman–Crippen LogP) is 2.29. The van der Waals surface area contributed by atoms with Gasteiger partial charge in [0, 0.05) is 38.3 Å². The minimum atomic E-state index is -0.579. The van der Waals surface area contributed by atoms with E-state index in [1.165, 1.54) is 23.5 Å². The molecule has 2 heterocycles. The van der Waals surface area contributed by atoms with Crippen LogP contribution in [0, 0.1) is 18.6 Å². The number of nitrogens with one attached hydrogen (secondary N) is 3. The SMILES string of the molecule is CCNC(=NCCNC(=O)c1scnc1C)NC1CCN(c2ccc(F)cc2F)C1. The van der Waals surface area contributed by atoms with Gasteiger partial charge in [0.25, 0.3) is 5.91 Å². The zero-order valence-corrected chi connectivity index (χ0v) is 17.9. The van der Waals surface area contributed by atoms with E-state index in [1.54, 1.807) is 12.4 Å². The molecule has 7 nitrogen and oxygen atoms in total. The molecular formula is C20H26F2N6OS. The third-order valence-electron chi connectivity index (χ3n) is 4.74. The van der Waals surface area contributed by atoms with Crippen molar-refractivity contribution in [2.45, 2.75) is 26.3 Å². The first-order valence-electron chi connectivity index (χ1n) is 9.91. The number of hydrogen-bond donors (Lipinski definition) is 3. The van der Waals surface area contributed by atoms with Crippen molar-refractivity contribution in [2.24, 2.45) is 4.99 Å². The monoisotopic (exact) mass is 436 g/mol. The molecule has 2 aromatic rings. The quantitative estimate of drug-likeness (QED) is 0.353. The van der Waals surface area contributed by atoms with Gasteiger partial charge < -0.3 is 20.9 Å². The van der Waals surface area contributed by atoms with E-state index in [0.29, 0.717) is 49.2 Å². The number of aromatic nitrogens is 1. The highest BCUT2D eigenvalue weighted by Crippen LogP contribution is 2.24. The number of rotatable bonds is 7. The van der Waals surface area contributed by atoms with Gasteiger partial charge in [0.2, 0.25) is 0 Å². The number of nitrogens with zero attached hydrogens (tertiary/aromatic N) is 3. The highest BCUT2D eigenvalue weighted by atomic mass is 32.1. The highest BCUT2D eigenvalue weighted by molar-refractivity contribution is 7.11. The summed E-state index contributed by atoms with van der Waals surface area (Å²) in [6.45, 7) is 6.56. The summed E-state index contributed by atoms with van der Waals surface area (Å²) in [4.78, 5) is 23.2. The van der Waals surface area contributed by atoms with E-state index in [2.05, 4.69) is 25.9 Å². The van der Waals surface area contributed by atoms with Gasteiger partial charge in [-0.1, -0.05) is 0 Å². The Morgan fingerprint density at radius 2 is 2.20 bits per heavy atom. The Morgan fingerprint density at radius 3 is 2.90 bits per heavy atom. The van der Waals surface area contributed by atoms with Crippen LogP contribution in [0.4, 0.5) is 14.5 Å². The fourth-order valence-corrected chi connectivity index (χ4v) is 4.00. The van der Waals surface area contributed by atoms with E-state index in [1.807, 2.05) is 11.8 Å². The molecule has 162 valence electrons. The molecule has 3 rings (SSSR count). The molecule has 0 saturated carbocycles. The van der Waals surface area contributed by atoms with Crippen molar-refractivity contribution in [2.75, 3.05) is 37.6 Å². The minimum Gasteiger partial charge on any atom is -0.367 e. The molecule has 0 bridgehead atoms. The van der Waals surface area contributed by atoms with E-state index in [-0.39, 0.29) is 11.9 Å². The minimum absolute atomic E-state index is 0.0849. The van der Waals surface area contributed by atoms with Crippen molar-refractivity contribution in [3.63, 3.8) is 0 Å². The van der Waals surface area contributed by atoms with E-state index in [0.717, 1.165) is 18.2 Å². The molecule has 10 heteroatoms. The van der Waals surface area contributed by atoms with Crippen LogP contribution in [0.2, 0.25) is 0 Å². The summed E-state index contributed by atoms with van der Waals surface area (Å²) in [6.07, 6.45) is 0.808. The Hall–Kier alpha value is -2.75. The summed E-state index contributed by atoms with van der Waals surface area (Å²) in [5.74, 6) is -0.629. The molecule has 1 fully saturated rings. The summed E-state index contributed by atoms with van der Waals surface area (Å²) >= 11 is 1.32. The molecule has 0 aliphatic carbocycles. The summed E-state index contributed by atoms with van der Waals surface area (Å²) < 4.78 is 27.2. The number of halogens is 2. The fraction of sp³-hybridized carbons (Fsp3) is 0.450. The smallest absolute Gasteiger partial charge is 0.263 e. The first kappa shape index (κ1) is 21.9. The number of aliphatic imine (C=N–C) groups is 1. The second kappa shape index (κ2) is 10.3. The highest BCUT2D eigenvalue weighted by Gasteiger charge is 2.25. The van der Waals surface area contributed by atoms with Gasteiger partial charge in [0.1, 0.15) is 16.5 Å². The van der Waals surface area contributed by atoms with Crippen LogP contribution < -0.4 is 20.9 Å². The first-order chi connectivity index (χ1) is 14.5. The van der Waals surface area contributed by atoms with Crippen molar-refractivity contribution < 1.29 is 13.6 Å². The van der Waals surface area contributed by atoms with Crippen LogP contribution in [0.1, 0.15) is 28.7 Å². The molecule has 3 N–H and O–H groups in total. The van der Waals surface area contributed by atoms with Crippen molar-refractivity contribution in [3.05, 3.63) is 45.9 Å². The molecule has 1 amide bonds. The van der Waals surface area contributed by atoms with Gasteiger partial charge in [-0.25, -0.2) is 13.8 Å². The van der Waals surface area contributed by atoms with E-state index < -0.39 is 11.6 Å². The Balaban J connectivity index is 1.50. The summed E-state index contributed by atoms with van der Waals surface area (Å²) in [6, 6.07) is 3.73. The lowest BCUT2D eigenvalue weighted by Gasteiger charge is -2.21. The molecule has 0 spiro atoms. The number of aryl methyl sites for hydroxylation is 1. The van der Waals surface area contributed by atoms with E-state index in [4.69, 9.17) is 0 Å². The number of benzene rings is 1. The number of carbonyl (C=O) groups is 1. The predicted molar refractivity (Wildman–Crippen MR) is 115 cm³/mol. The zero-order chi connectivity index (χ0) is 21.5. The normalized spacial score (nSPS) is 16.6. The lowest BCUT2D eigenvalue weighted by Crippen LogP contribution is -2.45. The number of anilines is 1. The number of guanidine groups is 1. The Bertz CT molecular complexity index is 903. The fourth-order valence-electron chi connectivity index (χ4n) is 3.29. The molecular weight excluding hydrogens is 410 g/mol. The topological polar surface area (TPSA) is 81.6 Å². The first-order valence-corrected chi connectivity index (χ1v) is 10.8. The summed E-state index contributed by atoms with van der Waals surface area (Å²) in [5.41, 5.74) is 2.78. The van der Waals surface area contributed by atoms with Crippen molar-refractivity contribution >= 4 is 28.9 Å². The standard InChI is InChI=1S/C20H26F2N6OS/c1-3-23-20(25-8-7-24-19(29)18-13(2)26-12-30-18)27-15-6-9-28(11-15)17-5-4-14(21)10-16(17)22/h4-5,10,12,15H,3,6-9,11H2,1-2H3,(H,24,29)(H2,23,25,27). The number of thiazole rings is 1. The van der Waals surface area contributed by atoms with Crippen LogP contribution >= 0.6 is 11.3 Å². The molecule has 1 aliphatic heterocycles. The average molecular weight is 437 g/mol. The number of amides is 1. The maximum absolute atomic E-state index is 14.0. The number of carbonyl (C=O) groups excluding carboxylic acids is 1. The van der Waals surface area contributed by atoms with Crippen molar-refractivity contribution in [1.29, 1.82) is 0 Å². The summed E-state index contributed by atoms with van der Waals surface area (Å²) in [7, 11) is 0. The van der Waals surface area contributed by atoms with E-state index in [9.17, 15) is 13.6 Å². The van der Waals surface area contributed by atoms with Crippen LogP contribution in [0.15, 0.2) is 28.7 Å². The molecule has 1 aromatic heterocycles. The van der Waals surface area contributed by atoms with Crippen LogP contribution in [0.3, 0.4) is 0 Å². The van der Waals surface area contributed by atoms with Crippen LogP contribution in [0.5, 0.6) is 0 Å². The third kappa shape index (κ3) is 5.65. The van der Waals surface area contributed by atoms with E-state index >= 15 is 0 Å². The van der Waals surface area contributed by atoms with Crippen molar-refractivity contribution in [1.82, 2.24) is 20.9 Å². The Morgan fingerprint density at radius 1 is 1.37 bits per heavy atom. The number of hydrogen-bond acceptors (Lipinski definition) is 5. The molecule has 1 atom stereocenters. The van der Waals surface area contributed by atoms with Gasteiger partial charge in [0.05, 0.1) is 23.4 Å².